The van der Waals surface area contributed by atoms with Crippen molar-refractivity contribution in [3.63, 3.8) is 0 Å². The van der Waals surface area contributed by atoms with Crippen molar-refractivity contribution in [2.75, 3.05) is 21.3 Å². The second kappa shape index (κ2) is 9.95. The Morgan fingerprint density at radius 3 is 1.85 bits per heavy atom. The van der Waals surface area contributed by atoms with Gasteiger partial charge in [-0.3, -0.25) is 0 Å². The maximum Gasteiger partial charge on any atom is 0.323 e. The SMILES string of the molecule is Cc1ccc(Nc2cc(Nc3ccc(NC(=O)Nc4ccc(F)cc4F)cc3)nc(C)n2)cc1. The van der Waals surface area contributed by atoms with Crippen LogP contribution in [0.2, 0.25) is 0 Å². The van der Waals surface area contributed by atoms with Gasteiger partial charge >= 0.3 is 6.03 Å². The average molecular weight is 460 g/mol. The summed E-state index contributed by atoms with van der Waals surface area (Å²) in [6.45, 7) is 3.83. The van der Waals surface area contributed by atoms with Crippen LogP contribution in [0.1, 0.15) is 11.4 Å². The predicted octanol–water partition coefficient (Wildman–Crippen LogP) is 6.50. The van der Waals surface area contributed by atoms with E-state index in [4.69, 9.17) is 0 Å². The third-order valence-electron chi connectivity index (χ3n) is 4.76. The van der Waals surface area contributed by atoms with E-state index in [0.29, 0.717) is 29.2 Å². The van der Waals surface area contributed by atoms with Gasteiger partial charge in [-0.05, 0) is 62.4 Å². The van der Waals surface area contributed by atoms with Gasteiger partial charge in [0, 0.05) is 29.2 Å². The number of halogens is 2. The fraction of sp³-hybridized carbons (Fsp3) is 0.0800. The highest BCUT2D eigenvalue weighted by Gasteiger charge is 2.09. The van der Waals surface area contributed by atoms with Crippen molar-refractivity contribution < 1.29 is 13.6 Å². The highest BCUT2D eigenvalue weighted by atomic mass is 19.1. The molecule has 0 atom stereocenters. The van der Waals surface area contributed by atoms with Gasteiger partial charge < -0.3 is 21.3 Å². The molecule has 0 radical (unpaired) electrons. The molecule has 0 aliphatic heterocycles. The number of aromatic nitrogens is 2. The molecule has 9 heteroatoms. The first-order valence-corrected chi connectivity index (χ1v) is 10.4. The highest BCUT2D eigenvalue weighted by molar-refractivity contribution is 5.99. The standard InChI is InChI=1S/C25H22F2N6O/c1-15-3-6-18(7-4-15)30-23-14-24(29-16(2)28-23)31-19-8-10-20(11-9-19)32-25(34)33-22-12-5-17(26)13-21(22)27/h3-14H,1-2H3,(H2,32,33,34)(H2,28,29,30,31). The van der Waals surface area contributed by atoms with Gasteiger partial charge in [0.05, 0.1) is 5.69 Å². The van der Waals surface area contributed by atoms with E-state index in [2.05, 4.69) is 31.2 Å². The van der Waals surface area contributed by atoms with Crippen molar-refractivity contribution in [2.45, 2.75) is 13.8 Å². The number of anilines is 6. The fourth-order valence-electron chi connectivity index (χ4n) is 3.14. The number of carbonyl (C=O) groups is 1. The van der Waals surface area contributed by atoms with Gasteiger partial charge in [-0.2, -0.15) is 0 Å². The number of hydrogen-bond donors (Lipinski definition) is 4. The number of carbonyl (C=O) groups excluding carboxylic acids is 1. The highest BCUT2D eigenvalue weighted by Crippen LogP contribution is 2.22. The molecule has 3 aromatic carbocycles. The lowest BCUT2D eigenvalue weighted by Gasteiger charge is -2.12. The molecule has 172 valence electrons. The first kappa shape index (κ1) is 22.7. The number of nitrogens with zero attached hydrogens (tertiary/aromatic N) is 2. The molecular weight excluding hydrogens is 438 g/mol. The molecule has 0 aliphatic rings. The predicted molar refractivity (Wildman–Crippen MR) is 130 cm³/mol. The van der Waals surface area contributed by atoms with Crippen LogP contribution >= 0.6 is 0 Å². The monoisotopic (exact) mass is 460 g/mol. The van der Waals surface area contributed by atoms with E-state index in [9.17, 15) is 13.6 Å². The third-order valence-corrected chi connectivity index (χ3v) is 4.76. The molecule has 0 aliphatic carbocycles. The molecule has 0 fully saturated rings. The quantitative estimate of drug-likeness (QED) is 0.264. The molecule has 0 saturated heterocycles. The number of benzene rings is 3. The van der Waals surface area contributed by atoms with Crippen LogP contribution in [-0.2, 0) is 0 Å². The number of amides is 2. The van der Waals surface area contributed by atoms with Crippen LogP contribution in [0.3, 0.4) is 0 Å². The summed E-state index contributed by atoms with van der Waals surface area (Å²) in [6, 6.07) is 18.9. The summed E-state index contributed by atoms with van der Waals surface area (Å²) in [7, 11) is 0. The van der Waals surface area contributed by atoms with E-state index >= 15 is 0 Å². The lowest BCUT2D eigenvalue weighted by atomic mass is 10.2. The lowest BCUT2D eigenvalue weighted by Crippen LogP contribution is -2.20. The Bertz CT molecular complexity index is 1310. The van der Waals surface area contributed by atoms with Crippen LogP contribution in [0.5, 0.6) is 0 Å². The van der Waals surface area contributed by atoms with E-state index in [1.165, 1.54) is 5.56 Å². The van der Waals surface area contributed by atoms with E-state index in [1.807, 2.05) is 31.2 Å². The molecule has 0 spiro atoms. The van der Waals surface area contributed by atoms with Gasteiger partial charge in [-0.25, -0.2) is 23.5 Å². The summed E-state index contributed by atoms with van der Waals surface area (Å²) >= 11 is 0. The summed E-state index contributed by atoms with van der Waals surface area (Å²) in [5.74, 6) is 0.284. The lowest BCUT2D eigenvalue weighted by molar-refractivity contribution is 0.262. The van der Waals surface area contributed by atoms with Crippen molar-refractivity contribution >= 4 is 40.4 Å². The molecule has 0 unspecified atom stereocenters. The van der Waals surface area contributed by atoms with E-state index in [1.54, 1.807) is 37.3 Å². The molecule has 34 heavy (non-hydrogen) atoms. The van der Waals surface area contributed by atoms with Gasteiger partial charge in [0.15, 0.2) is 0 Å². The first-order chi connectivity index (χ1) is 16.3. The number of nitrogens with one attached hydrogen (secondary N) is 4. The fourth-order valence-corrected chi connectivity index (χ4v) is 3.14. The maximum absolute atomic E-state index is 13.7. The van der Waals surface area contributed by atoms with E-state index < -0.39 is 17.7 Å². The number of hydrogen-bond acceptors (Lipinski definition) is 5. The first-order valence-electron chi connectivity index (χ1n) is 10.4. The molecule has 0 saturated carbocycles. The van der Waals surface area contributed by atoms with Gasteiger partial charge in [0.1, 0.15) is 29.1 Å². The Morgan fingerprint density at radius 1 is 0.706 bits per heavy atom. The minimum atomic E-state index is -0.855. The number of urea groups is 1. The Kier molecular flexibility index (Phi) is 6.63. The summed E-state index contributed by atoms with van der Waals surface area (Å²) in [5, 5.41) is 11.4. The van der Waals surface area contributed by atoms with Crippen LogP contribution < -0.4 is 21.3 Å². The molecule has 0 bridgehead atoms. The second-order valence-electron chi connectivity index (χ2n) is 7.58. The van der Waals surface area contributed by atoms with Gasteiger partial charge in [-0.1, -0.05) is 17.7 Å². The summed E-state index contributed by atoms with van der Waals surface area (Å²) in [6.07, 6.45) is 0. The van der Waals surface area contributed by atoms with E-state index in [0.717, 1.165) is 23.5 Å². The average Bonchev–Trinajstić information content (AvgIpc) is 2.78. The van der Waals surface area contributed by atoms with Gasteiger partial charge in [0.2, 0.25) is 0 Å². The van der Waals surface area contributed by atoms with Crippen LogP contribution in [0.4, 0.5) is 48.0 Å². The molecule has 1 heterocycles. The minimum Gasteiger partial charge on any atom is -0.340 e. The molecule has 4 N–H and O–H groups in total. The Labute approximate surface area is 195 Å². The zero-order chi connectivity index (χ0) is 24.1. The van der Waals surface area contributed by atoms with Crippen molar-refractivity contribution in [1.29, 1.82) is 0 Å². The molecule has 4 aromatic rings. The summed E-state index contributed by atoms with van der Waals surface area (Å²) in [5.41, 5.74) is 3.21. The van der Waals surface area contributed by atoms with Crippen LogP contribution in [0.25, 0.3) is 0 Å². The van der Waals surface area contributed by atoms with Gasteiger partial charge in [0.25, 0.3) is 0 Å². The Morgan fingerprint density at radius 2 is 1.26 bits per heavy atom. The number of rotatable bonds is 6. The Hall–Kier alpha value is -4.53. The third kappa shape index (κ3) is 6.04. The maximum atomic E-state index is 13.7. The second-order valence-corrected chi connectivity index (χ2v) is 7.58. The smallest absolute Gasteiger partial charge is 0.323 e. The minimum absolute atomic E-state index is 0.119. The topological polar surface area (TPSA) is 91.0 Å². The van der Waals surface area contributed by atoms with Crippen LogP contribution in [0.15, 0.2) is 72.8 Å². The van der Waals surface area contributed by atoms with Crippen LogP contribution in [-0.4, -0.2) is 16.0 Å². The molecular formula is C25H22F2N6O. The van der Waals surface area contributed by atoms with E-state index in [-0.39, 0.29) is 5.69 Å². The van der Waals surface area contributed by atoms with Crippen molar-refractivity contribution in [2.24, 2.45) is 0 Å². The molecule has 4 rings (SSSR count). The Balaban J connectivity index is 1.38. The zero-order valence-corrected chi connectivity index (χ0v) is 18.5. The summed E-state index contributed by atoms with van der Waals surface area (Å²) in [4.78, 5) is 21.0. The van der Waals surface area contributed by atoms with Crippen LogP contribution in [0, 0.1) is 25.5 Å². The van der Waals surface area contributed by atoms with Crippen molar-refractivity contribution in [3.8, 4) is 0 Å². The molecule has 7 nitrogen and oxygen atoms in total. The summed E-state index contributed by atoms with van der Waals surface area (Å²) < 4.78 is 26.7. The zero-order valence-electron chi connectivity index (χ0n) is 18.5. The van der Waals surface area contributed by atoms with Crippen molar-refractivity contribution in [3.05, 3.63) is 95.8 Å². The van der Waals surface area contributed by atoms with Crippen molar-refractivity contribution in [1.82, 2.24) is 9.97 Å². The molecule has 1 aromatic heterocycles. The largest absolute Gasteiger partial charge is 0.340 e. The molecule has 2 amide bonds. The van der Waals surface area contributed by atoms with Gasteiger partial charge in [-0.15, -0.1) is 0 Å². The number of aryl methyl sites for hydroxylation is 2. The normalized spacial score (nSPS) is 10.5.